The van der Waals surface area contributed by atoms with E-state index in [1.54, 1.807) is 23.9 Å². The number of nitrogens with zero attached hydrogens (tertiary/aromatic N) is 3. The lowest BCUT2D eigenvalue weighted by Gasteiger charge is -2.18. The second-order valence-corrected chi connectivity index (χ2v) is 7.77. The lowest BCUT2D eigenvalue weighted by Crippen LogP contribution is -2.29. The monoisotopic (exact) mass is 345 g/mol. The van der Waals surface area contributed by atoms with Gasteiger partial charge in [0, 0.05) is 12.1 Å². The molecule has 118 valence electrons. The molecular weight excluding hydrogens is 330 g/mol. The second-order valence-electron chi connectivity index (χ2n) is 5.66. The number of aliphatic imine (C=N–C) groups is 2. The summed E-state index contributed by atoms with van der Waals surface area (Å²) in [4.78, 5) is 22.5. The van der Waals surface area contributed by atoms with Crippen LogP contribution in [0.25, 0.3) is 0 Å². The third-order valence-corrected chi connectivity index (χ3v) is 6.41. The number of carbonyl (C=O) groups is 1. The number of amides is 1. The normalized spacial score (nSPS) is 23.3. The molecule has 0 radical (unpaired) electrons. The number of hydrogen-bond acceptors (Lipinski definition) is 5. The van der Waals surface area contributed by atoms with Crippen molar-refractivity contribution < 1.29 is 9.52 Å². The van der Waals surface area contributed by atoms with Crippen LogP contribution in [0.15, 0.2) is 49.9 Å². The summed E-state index contributed by atoms with van der Waals surface area (Å²) in [5, 5.41) is 13.1. The van der Waals surface area contributed by atoms with Gasteiger partial charge < -0.3 is 5.21 Å². The van der Waals surface area contributed by atoms with Gasteiger partial charge in [-0.25, -0.2) is 4.99 Å². The number of allylic oxidation sites excluding steroid dienone is 1. The Labute approximate surface area is 142 Å². The van der Waals surface area contributed by atoms with Gasteiger partial charge in [0.1, 0.15) is 11.8 Å². The Bertz CT molecular complexity index is 770. The largest absolute Gasteiger partial charge is 0.618 e. The highest BCUT2D eigenvalue weighted by Crippen LogP contribution is 2.47. The Balaban J connectivity index is 1.51. The summed E-state index contributed by atoms with van der Waals surface area (Å²) in [5.74, 6) is 0.639. The molecular formula is C16H15N3O2S2. The summed E-state index contributed by atoms with van der Waals surface area (Å²) in [6.45, 7) is 0. The highest BCUT2D eigenvalue weighted by molar-refractivity contribution is 8.17. The van der Waals surface area contributed by atoms with Crippen LogP contribution in [-0.4, -0.2) is 22.5 Å². The lowest BCUT2D eigenvalue weighted by atomic mass is 9.89. The number of pyridine rings is 1. The van der Waals surface area contributed by atoms with E-state index in [4.69, 9.17) is 0 Å². The first-order chi connectivity index (χ1) is 11.2. The standard InChI is InChI=1S/C16H15N3O2S2/c20-15-14-10-5-1-2-6-11(10)23-16(14)18-12(17-15)9-22-13-7-3-4-8-19(13)21/h3-4,7-8,14H,1-2,5-6,9H2. The summed E-state index contributed by atoms with van der Waals surface area (Å²) in [7, 11) is 0. The van der Waals surface area contributed by atoms with E-state index in [1.807, 2.05) is 6.07 Å². The van der Waals surface area contributed by atoms with Gasteiger partial charge in [0.25, 0.3) is 10.9 Å². The van der Waals surface area contributed by atoms with E-state index < -0.39 is 0 Å². The number of fused-ring (bicyclic) bond motifs is 2. The lowest BCUT2D eigenvalue weighted by molar-refractivity contribution is -0.645. The van der Waals surface area contributed by atoms with Gasteiger partial charge in [-0.15, -0.1) is 0 Å². The first-order valence-electron chi connectivity index (χ1n) is 7.63. The van der Waals surface area contributed by atoms with E-state index in [0.29, 0.717) is 16.6 Å². The summed E-state index contributed by atoms with van der Waals surface area (Å²) >= 11 is 3.02. The van der Waals surface area contributed by atoms with Crippen molar-refractivity contribution in [2.75, 3.05) is 5.75 Å². The molecule has 7 heteroatoms. The van der Waals surface area contributed by atoms with Crippen molar-refractivity contribution in [1.82, 2.24) is 0 Å². The van der Waals surface area contributed by atoms with Crippen LogP contribution in [0.1, 0.15) is 25.7 Å². The van der Waals surface area contributed by atoms with Crippen molar-refractivity contribution >= 4 is 40.3 Å². The fraction of sp³-hybridized carbons (Fsp3) is 0.375. The van der Waals surface area contributed by atoms with Gasteiger partial charge in [-0.1, -0.05) is 11.8 Å². The van der Waals surface area contributed by atoms with Gasteiger partial charge in [-0.05, 0) is 54.0 Å². The van der Waals surface area contributed by atoms with Crippen molar-refractivity contribution in [3.05, 3.63) is 40.1 Å². The molecule has 0 saturated heterocycles. The van der Waals surface area contributed by atoms with E-state index in [-0.39, 0.29) is 11.8 Å². The predicted octanol–water partition coefficient (Wildman–Crippen LogP) is 2.94. The summed E-state index contributed by atoms with van der Waals surface area (Å²) in [6.07, 6.45) is 5.87. The summed E-state index contributed by atoms with van der Waals surface area (Å²) in [6, 6.07) is 5.26. The number of aromatic nitrogens is 1. The molecule has 1 unspecified atom stereocenters. The molecule has 23 heavy (non-hydrogen) atoms. The molecule has 2 aliphatic heterocycles. The van der Waals surface area contributed by atoms with Crippen molar-refractivity contribution in [1.29, 1.82) is 0 Å². The first-order valence-corrected chi connectivity index (χ1v) is 9.43. The maximum atomic E-state index is 12.4. The molecule has 0 saturated carbocycles. The molecule has 4 rings (SSSR count). The van der Waals surface area contributed by atoms with Crippen LogP contribution in [0.4, 0.5) is 0 Å². The molecule has 1 atom stereocenters. The zero-order valence-corrected chi connectivity index (χ0v) is 14.0. The van der Waals surface area contributed by atoms with Gasteiger partial charge in [0.15, 0.2) is 6.20 Å². The number of amidine groups is 1. The van der Waals surface area contributed by atoms with E-state index >= 15 is 0 Å². The smallest absolute Gasteiger partial charge is 0.261 e. The molecule has 0 aromatic carbocycles. The summed E-state index contributed by atoms with van der Waals surface area (Å²) in [5.41, 5.74) is 1.25. The molecule has 0 bridgehead atoms. The van der Waals surface area contributed by atoms with Gasteiger partial charge in [0.2, 0.25) is 0 Å². The number of hydrogen-bond donors (Lipinski definition) is 0. The molecule has 1 aromatic heterocycles. The molecule has 1 aliphatic carbocycles. The van der Waals surface area contributed by atoms with Crippen LogP contribution in [0.3, 0.4) is 0 Å². The van der Waals surface area contributed by atoms with Gasteiger partial charge in [-0.2, -0.15) is 9.72 Å². The third-order valence-electron chi connectivity index (χ3n) is 4.14. The van der Waals surface area contributed by atoms with Gasteiger partial charge >= 0.3 is 0 Å². The Hall–Kier alpha value is -1.60. The highest BCUT2D eigenvalue weighted by Gasteiger charge is 2.40. The molecule has 0 spiro atoms. The van der Waals surface area contributed by atoms with Crippen molar-refractivity contribution in [2.24, 2.45) is 15.9 Å². The van der Waals surface area contributed by atoms with Crippen LogP contribution >= 0.6 is 23.5 Å². The molecule has 3 heterocycles. The number of rotatable bonds is 3. The molecule has 3 aliphatic rings. The molecule has 0 fully saturated rings. The Morgan fingerprint density at radius 3 is 3.04 bits per heavy atom. The Morgan fingerprint density at radius 2 is 2.17 bits per heavy atom. The van der Waals surface area contributed by atoms with Crippen molar-refractivity contribution in [3.63, 3.8) is 0 Å². The predicted molar refractivity (Wildman–Crippen MR) is 92.6 cm³/mol. The van der Waals surface area contributed by atoms with E-state index in [9.17, 15) is 10.0 Å². The van der Waals surface area contributed by atoms with Crippen LogP contribution < -0.4 is 4.73 Å². The third kappa shape index (κ3) is 2.83. The second kappa shape index (κ2) is 6.13. The first kappa shape index (κ1) is 15.0. The SMILES string of the molecule is O=C1N=C(CSc2cccc[n+]2[O-])N=C2SC3=C(CCCC3)C12. The van der Waals surface area contributed by atoms with Crippen LogP contribution in [0.5, 0.6) is 0 Å². The van der Waals surface area contributed by atoms with E-state index in [0.717, 1.165) is 29.0 Å². The van der Waals surface area contributed by atoms with E-state index in [1.165, 1.54) is 34.9 Å². The average Bonchev–Trinajstić information content (AvgIpc) is 2.93. The maximum absolute atomic E-state index is 12.4. The fourth-order valence-electron chi connectivity index (χ4n) is 3.07. The minimum absolute atomic E-state index is 0.0898. The minimum atomic E-state index is -0.217. The van der Waals surface area contributed by atoms with Crippen LogP contribution in [-0.2, 0) is 4.79 Å². The quantitative estimate of drug-likeness (QED) is 0.480. The summed E-state index contributed by atoms with van der Waals surface area (Å²) < 4.78 is 0.816. The maximum Gasteiger partial charge on any atom is 0.261 e. The fourth-order valence-corrected chi connectivity index (χ4v) is 5.20. The Kier molecular flexibility index (Phi) is 3.98. The minimum Gasteiger partial charge on any atom is -0.618 e. The topological polar surface area (TPSA) is 68.7 Å². The highest BCUT2D eigenvalue weighted by atomic mass is 32.2. The Morgan fingerprint density at radius 1 is 1.30 bits per heavy atom. The molecule has 5 nitrogen and oxygen atoms in total. The molecule has 1 aromatic rings. The van der Waals surface area contributed by atoms with Gasteiger partial charge in [-0.3, -0.25) is 4.79 Å². The molecule has 0 N–H and O–H groups in total. The van der Waals surface area contributed by atoms with E-state index in [2.05, 4.69) is 9.98 Å². The average molecular weight is 345 g/mol. The molecule has 1 amide bonds. The van der Waals surface area contributed by atoms with Crippen molar-refractivity contribution in [3.8, 4) is 0 Å². The zero-order valence-electron chi connectivity index (χ0n) is 12.4. The number of thioether (sulfide) groups is 2. The van der Waals surface area contributed by atoms with Gasteiger partial charge in [0.05, 0.1) is 10.8 Å². The van der Waals surface area contributed by atoms with Crippen LogP contribution in [0, 0.1) is 11.1 Å². The van der Waals surface area contributed by atoms with Crippen molar-refractivity contribution in [2.45, 2.75) is 30.7 Å². The number of carbonyl (C=O) groups excluding carboxylic acids is 1. The van der Waals surface area contributed by atoms with Crippen LogP contribution in [0.2, 0.25) is 0 Å². The zero-order chi connectivity index (χ0) is 15.8.